The lowest BCUT2D eigenvalue weighted by Gasteiger charge is -1.95. The molecule has 0 rings (SSSR count). The quantitative estimate of drug-likeness (QED) is 0.414. The van der Waals surface area contributed by atoms with E-state index in [4.69, 9.17) is 4.74 Å². The van der Waals surface area contributed by atoms with Gasteiger partial charge in [-0.3, -0.25) is 0 Å². The van der Waals surface area contributed by atoms with E-state index >= 15 is 0 Å². The van der Waals surface area contributed by atoms with Gasteiger partial charge in [-0.25, -0.2) is 4.79 Å². The molecule has 0 N–H and O–H groups in total. The number of hydrogen-bond acceptors (Lipinski definition) is 2. The van der Waals surface area contributed by atoms with Crippen LogP contribution >= 0.6 is 15.9 Å². The average Bonchev–Trinajstić information content (AvgIpc) is 2.00. The number of carbonyl (C=O) groups is 1. The summed E-state index contributed by atoms with van der Waals surface area (Å²) in [5.41, 5.74) is 2.75. The second-order valence-electron chi connectivity index (χ2n) is 1.79. The zero-order valence-electron chi connectivity index (χ0n) is 6.69. The van der Waals surface area contributed by atoms with Gasteiger partial charge < -0.3 is 4.74 Å². The SMILES string of the molecule is CCC=C=C(Br)C(=O)OCC. The Balaban J connectivity index is 4.12. The van der Waals surface area contributed by atoms with E-state index in [0.29, 0.717) is 11.1 Å². The van der Waals surface area contributed by atoms with Crippen LogP contribution in [-0.4, -0.2) is 12.6 Å². The number of esters is 1. The van der Waals surface area contributed by atoms with Crippen molar-refractivity contribution in [2.24, 2.45) is 0 Å². The molecule has 0 aromatic carbocycles. The van der Waals surface area contributed by atoms with Crippen LogP contribution in [0.5, 0.6) is 0 Å². The first-order valence-corrected chi connectivity index (χ1v) is 4.29. The summed E-state index contributed by atoms with van der Waals surface area (Å²) in [6.07, 6.45) is 2.62. The van der Waals surface area contributed by atoms with E-state index in [1.54, 1.807) is 13.0 Å². The molecule has 3 heteroatoms. The third kappa shape index (κ3) is 4.82. The normalized spacial score (nSPS) is 8.27. The first kappa shape index (κ1) is 10.5. The molecule has 0 unspecified atom stereocenters. The van der Waals surface area contributed by atoms with Gasteiger partial charge in [0.15, 0.2) is 0 Å². The lowest BCUT2D eigenvalue weighted by atomic mass is 10.4. The fraction of sp³-hybridized carbons (Fsp3) is 0.500. The van der Waals surface area contributed by atoms with Crippen molar-refractivity contribution in [1.82, 2.24) is 0 Å². The summed E-state index contributed by atoms with van der Waals surface area (Å²) in [5, 5.41) is 0. The number of ether oxygens (including phenoxy) is 1. The van der Waals surface area contributed by atoms with Crippen LogP contribution in [0.2, 0.25) is 0 Å². The number of hydrogen-bond donors (Lipinski definition) is 0. The predicted molar refractivity (Wildman–Crippen MR) is 47.4 cm³/mol. The highest BCUT2D eigenvalue weighted by molar-refractivity contribution is 9.12. The van der Waals surface area contributed by atoms with E-state index in [1.165, 1.54) is 0 Å². The van der Waals surface area contributed by atoms with Crippen LogP contribution in [0.15, 0.2) is 16.3 Å². The van der Waals surface area contributed by atoms with E-state index < -0.39 is 0 Å². The molecule has 2 nitrogen and oxygen atoms in total. The molecule has 0 aromatic heterocycles. The van der Waals surface area contributed by atoms with E-state index in [0.717, 1.165) is 6.42 Å². The molecule has 0 aliphatic heterocycles. The summed E-state index contributed by atoms with van der Waals surface area (Å²) in [6.45, 7) is 4.13. The van der Waals surface area contributed by atoms with Gasteiger partial charge in [0.05, 0.1) is 6.61 Å². The molecule has 0 aliphatic carbocycles. The summed E-state index contributed by atoms with van der Waals surface area (Å²) in [4.78, 5) is 10.9. The Morgan fingerprint density at radius 1 is 1.64 bits per heavy atom. The molecule has 0 saturated carbocycles. The van der Waals surface area contributed by atoms with Crippen LogP contribution in [0, 0.1) is 0 Å². The third-order valence-electron chi connectivity index (χ3n) is 0.888. The Hall–Kier alpha value is -0.530. The van der Waals surface area contributed by atoms with Crippen molar-refractivity contribution in [2.45, 2.75) is 20.3 Å². The summed E-state index contributed by atoms with van der Waals surface area (Å²) < 4.78 is 5.04. The summed E-state index contributed by atoms with van der Waals surface area (Å²) in [5.74, 6) is -0.364. The molecule has 0 saturated heterocycles. The summed E-state index contributed by atoms with van der Waals surface area (Å²) in [7, 11) is 0. The largest absolute Gasteiger partial charge is 0.462 e. The molecule has 0 aliphatic rings. The highest BCUT2D eigenvalue weighted by Crippen LogP contribution is 2.04. The van der Waals surface area contributed by atoms with E-state index in [-0.39, 0.29) is 5.97 Å². The van der Waals surface area contributed by atoms with Gasteiger partial charge in [0, 0.05) is 0 Å². The molecule has 0 fully saturated rings. The van der Waals surface area contributed by atoms with Crippen LogP contribution in [0.1, 0.15) is 20.3 Å². The summed E-state index contributed by atoms with van der Waals surface area (Å²) >= 11 is 3.05. The van der Waals surface area contributed by atoms with Crippen LogP contribution < -0.4 is 0 Å². The lowest BCUT2D eigenvalue weighted by Crippen LogP contribution is -2.02. The monoisotopic (exact) mass is 218 g/mol. The maximum atomic E-state index is 10.9. The maximum Gasteiger partial charge on any atom is 0.353 e. The minimum Gasteiger partial charge on any atom is -0.462 e. The van der Waals surface area contributed by atoms with Gasteiger partial charge in [-0.05, 0) is 35.4 Å². The first-order chi connectivity index (χ1) is 5.22. The van der Waals surface area contributed by atoms with Crippen molar-refractivity contribution in [1.29, 1.82) is 0 Å². The minimum absolute atomic E-state index is 0.348. The molecule has 0 heterocycles. The highest BCUT2D eigenvalue weighted by Gasteiger charge is 2.03. The molecule has 0 bridgehead atoms. The van der Waals surface area contributed by atoms with Crippen molar-refractivity contribution in [3.8, 4) is 0 Å². The third-order valence-corrected chi connectivity index (χ3v) is 1.44. The van der Waals surface area contributed by atoms with E-state index in [2.05, 4.69) is 21.7 Å². The number of rotatable bonds is 3. The predicted octanol–water partition coefficient (Wildman–Crippen LogP) is 2.39. The van der Waals surface area contributed by atoms with Crippen LogP contribution in [0.4, 0.5) is 0 Å². The smallest absolute Gasteiger partial charge is 0.353 e. The maximum absolute atomic E-state index is 10.9. The van der Waals surface area contributed by atoms with Crippen molar-refractivity contribution in [3.63, 3.8) is 0 Å². The van der Waals surface area contributed by atoms with E-state index in [1.807, 2.05) is 6.92 Å². The fourth-order valence-corrected chi connectivity index (χ4v) is 0.721. The van der Waals surface area contributed by atoms with Gasteiger partial charge in [0.25, 0.3) is 0 Å². The van der Waals surface area contributed by atoms with Crippen molar-refractivity contribution < 1.29 is 9.53 Å². The Morgan fingerprint density at radius 3 is 2.73 bits per heavy atom. The Kier molecular flexibility index (Phi) is 5.90. The Labute approximate surface area is 75.1 Å². The van der Waals surface area contributed by atoms with Crippen LogP contribution in [0.3, 0.4) is 0 Å². The van der Waals surface area contributed by atoms with Crippen molar-refractivity contribution in [2.75, 3.05) is 6.61 Å². The minimum atomic E-state index is -0.364. The molecular weight excluding hydrogens is 208 g/mol. The summed E-state index contributed by atoms with van der Waals surface area (Å²) in [6, 6.07) is 0. The molecular formula is C8H11BrO2. The number of halogens is 1. The van der Waals surface area contributed by atoms with Crippen molar-refractivity contribution in [3.05, 3.63) is 16.3 Å². The highest BCUT2D eigenvalue weighted by atomic mass is 79.9. The van der Waals surface area contributed by atoms with Gasteiger partial charge in [0.2, 0.25) is 0 Å². The van der Waals surface area contributed by atoms with Gasteiger partial charge >= 0.3 is 5.97 Å². The molecule has 11 heavy (non-hydrogen) atoms. The van der Waals surface area contributed by atoms with E-state index in [9.17, 15) is 4.79 Å². The zero-order chi connectivity index (χ0) is 8.69. The first-order valence-electron chi connectivity index (χ1n) is 3.50. The van der Waals surface area contributed by atoms with Crippen LogP contribution in [-0.2, 0) is 9.53 Å². The van der Waals surface area contributed by atoms with Gasteiger partial charge in [-0.15, -0.1) is 5.73 Å². The van der Waals surface area contributed by atoms with Crippen molar-refractivity contribution >= 4 is 21.9 Å². The zero-order valence-corrected chi connectivity index (χ0v) is 8.27. The molecule has 62 valence electrons. The topological polar surface area (TPSA) is 26.3 Å². The van der Waals surface area contributed by atoms with Gasteiger partial charge in [-0.2, -0.15) is 0 Å². The standard InChI is InChI=1S/C8H11BrO2/c1-3-5-6-7(9)8(10)11-4-2/h5H,3-4H2,1-2H3. The van der Waals surface area contributed by atoms with Crippen LogP contribution in [0.25, 0.3) is 0 Å². The second kappa shape index (κ2) is 6.20. The molecule has 0 spiro atoms. The molecule has 0 amide bonds. The lowest BCUT2D eigenvalue weighted by molar-refractivity contribution is -0.137. The van der Waals surface area contributed by atoms with Gasteiger partial charge in [-0.1, -0.05) is 6.92 Å². The second-order valence-corrected chi connectivity index (χ2v) is 2.58. The Bertz CT molecular complexity index is 190. The fourth-order valence-electron chi connectivity index (χ4n) is 0.445. The molecule has 0 radical (unpaired) electrons. The molecule has 0 aromatic rings. The molecule has 0 atom stereocenters. The average molecular weight is 219 g/mol. The number of carbonyl (C=O) groups excluding carboxylic acids is 1. The van der Waals surface area contributed by atoms with Gasteiger partial charge in [0.1, 0.15) is 4.48 Å². The Morgan fingerprint density at radius 2 is 2.27 bits per heavy atom.